The Labute approximate surface area is 185 Å². The van der Waals surface area contributed by atoms with Crippen molar-refractivity contribution in [2.24, 2.45) is 0 Å². The molecule has 0 saturated carbocycles. The molecule has 0 aliphatic carbocycles. The predicted molar refractivity (Wildman–Crippen MR) is 122 cm³/mol. The largest absolute Gasteiger partial charge is 0.368 e. The molecule has 8 heteroatoms. The van der Waals surface area contributed by atoms with Crippen LogP contribution in [0.4, 0.5) is 15.9 Å². The first-order valence-electron chi connectivity index (χ1n) is 10.2. The van der Waals surface area contributed by atoms with Crippen molar-refractivity contribution in [2.75, 3.05) is 41.7 Å². The quantitative estimate of drug-likeness (QED) is 0.572. The summed E-state index contributed by atoms with van der Waals surface area (Å²) < 4.78 is 13.2. The number of rotatable bonds is 7. The van der Waals surface area contributed by atoms with E-state index in [9.17, 15) is 9.18 Å². The molecule has 0 radical (unpaired) electrons. The lowest BCUT2D eigenvalue weighted by molar-refractivity contribution is -0.118. The molecule has 1 aliphatic heterocycles. The summed E-state index contributed by atoms with van der Waals surface area (Å²) in [6.45, 7) is 3.69. The molecule has 1 N–H and O–H groups in total. The van der Waals surface area contributed by atoms with Crippen molar-refractivity contribution in [3.05, 3.63) is 78.4 Å². The number of nitrogens with zero attached hydrogens (tertiary/aromatic N) is 4. The zero-order valence-corrected chi connectivity index (χ0v) is 17.9. The number of nitrogens with one attached hydrogen (secondary N) is 1. The lowest BCUT2D eigenvalue weighted by atomic mass is 10.2. The highest BCUT2D eigenvalue weighted by Crippen LogP contribution is 2.27. The second kappa shape index (κ2) is 10.3. The molecule has 3 aromatic rings. The van der Waals surface area contributed by atoms with Gasteiger partial charge in [-0.2, -0.15) is 0 Å². The molecule has 4 rings (SSSR count). The molecule has 2 aromatic carbocycles. The minimum Gasteiger partial charge on any atom is -0.368 e. The minimum absolute atomic E-state index is 0.0356. The topological polar surface area (TPSA) is 61.4 Å². The van der Waals surface area contributed by atoms with Crippen LogP contribution in [0.1, 0.15) is 5.56 Å². The first-order chi connectivity index (χ1) is 15.2. The Hall–Kier alpha value is -3.13. The van der Waals surface area contributed by atoms with Crippen LogP contribution in [0.3, 0.4) is 0 Å². The van der Waals surface area contributed by atoms with Crippen molar-refractivity contribution in [3.8, 4) is 0 Å². The Morgan fingerprint density at radius 1 is 0.935 bits per heavy atom. The maximum Gasteiger partial charge on any atom is 0.230 e. The highest BCUT2D eigenvalue weighted by molar-refractivity contribution is 8.00. The number of thioether (sulfide) groups is 1. The molecule has 160 valence electrons. The molecular weight excluding hydrogens is 413 g/mol. The molecule has 0 spiro atoms. The van der Waals surface area contributed by atoms with Crippen LogP contribution in [0.25, 0.3) is 0 Å². The van der Waals surface area contributed by atoms with Gasteiger partial charge in [0.05, 0.1) is 5.75 Å². The number of halogens is 1. The van der Waals surface area contributed by atoms with E-state index in [2.05, 4.69) is 25.1 Å². The summed E-state index contributed by atoms with van der Waals surface area (Å²) in [5.74, 6) is 0.832. The molecule has 1 amide bonds. The van der Waals surface area contributed by atoms with Gasteiger partial charge in [0.25, 0.3) is 0 Å². The van der Waals surface area contributed by atoms with Gasteiger partial charge in [-0.1, -0.05) is 42.1 Å². The maximum absolute atomic E-state index is 13.2. The standard InChI is InChI=1S/C23H24FN5OS/c24-19-6-8-20(9-7-19)28-12-14-29(15-13-28)22-23(26-11-10-25-22)31-17-21(30)27-16-18-4-2-1-3-5-18/h1-11H,12-17H2,(H,27,30). The number of hydrogen-bond donors (Lipinski definition) is 1. The van der Waals surface area contributed by atoms with Crippen LogP contribution in [-0.4, -0.2) is 47.8 Å². The van der Waals surface area contributed by atoms with Gasteiger partial charge in [0, 0.05) is 50.8 Å². The van der Waals surface area contributed by atoms with E-state index in [1.54, 1.807) is 12.4 Å². The Balaban J connectivity index is 1.31. The molecular formula is C23H24FN5OS. The van der Waals surface area contributed by atoms with Crippen LogP contribution in [-0.2, 0) is 11.3 Å². The third-order valence-corrected chi connectivity index (χ3v) is 6.06. The van der Waals surface area contributed by atoms with E-state index in [0.29, 0.717) is 6.54 Å². The number of hydrogen-bond acceptors (Lipinski definition) is 6. The van der Waals surface area contributed by atoms with E-state index in [1.807, 2.05) is 42.5 Å². The van der Waals surface area contributed by atoms with E-state index >= 15 is 0 Å². The van der Waals surface area contributed by atoms with E-state index in [1.165, 1.54) is 23.9 Å². The molecule has 2 heterocycles. The zero-order chi connectivity index (χ0) is 21.5. The molecule has 1 aromatic heterocycles. The number of piperazine rings is 1. The normalized spacial score (nSPS) is 13.8. The Morgan fingerprint density at radius 2 is 1.61 bits per heavy atom. The van der Waals surface area contributed by atoms with Crippen molar-refractivity contribution in [3.63, 3.8) is 0 Å². The van der Waals surface area contributed by atoms with Crippen LogP contribution < -0.4 is 15.1 Å². The van der Waals surface area contributed by atoms with Gasteiger partial charge >= 0.3 is 0 Å². The first-order valence-corrected chi connectivity index (χ1v) is 11.2. The summed E-state index contributed by atoms with van der Waals surface area (Å²) in [5.41, 5.74) is 2.09. The molecule has 31 heavy (non-hydrogen) atoms. The van der Waals surface area contributed by atoms with Crippen molar-refractivity contribution < 1.29 is 9.18 Å². The Morgan fingerprint density at radius 3 is 2.35 bits per heavy atom. The smallest absolute Gasteiger partial charge is 0.230 e. The fourth-order valence-corrected chi connectivity index (χ4v) is 4.26. The van der Waals surface area contributed by atoms with Gasteiger partial charge in [-0.15, -0.1) is 0 Å². The highest BCUT2D eigenvalue weighted by atomic mass is 32.2. The SMILES string of the molecule is O=C(CSc1nccnc1N1CCN(c2ccc(F)cc2)CC1)NCc1ccccc1. The number of carbonyl (C=O) groups is 1. The average molecular weight is 438 g/mol. The molecule has 0 atom stereocenters. The molecule has 1 saturated heterocycles. The third kappa shape index (κ3) is 5.73. The van der Waals surface area contributed by atoms with Crippen molar-refractivity contribution >= 4 is 29.2 Å². The maximum atomic E-state index is 13.2. The van der Waals surface area contributed by atoms with Gasteiger partial charge in [0.15, 0.2) is 5.82 Å². The van der Waals surface area contributed by atoms with Crippen LogP contribution in [0.5, 0.6) is 0 Å². The third-order valence-electron chi connectivity index (χ3n) is 5.09. The van der Waals surface area contributed by atoms with E-state index in [-0.39, 0.29) is 17.5 Å². The fraction of sp³-hybridized carbons (Fsp3) is 0.261. The van der Waals surface area contributed by atoms with Gasteiger partial charge in [0.1, 0.15) is 10.8 Å². The second-order valence-corrected chi connectivity index (χ2v) is 8.15. The zero-order valence-electron chi connectivity index (χ0n) is 17.1. The number of aromatic nitrogens is 2. The lowest BCUT2D eigenvalue weighted by Gasteiger charge is -2.37. The summed E-state index contributed by atoms with van der Waals surface area (Å²) in [4.78, 5) is 25.7. The lowest BCUT2D eigenvalue weighted by Crippen LogP contribution is -2.47. The van der Waals surface area contributed by atoms with E-state index < -0.39 is 0 Å². The summed E-state index contributed by atoms with van der Waals surface area (Å²) in [6, 6.07) is 16.4. The summed E-state index contributed by atoms with van der Waals surface area (Å²) in [7, 11) is 0. The second-order valence-electron chi connectivity index (χ2n) is 7.19. The molecule has 1 fully saturated rings. The number of anilines is 2. The fourth-order valence-electron chi connectivity index (χ4n) is 3.45. The summed E-state index contributed by atoms with van der Waals surface area (Å²) in [6.07, 6.45) is 3.34. The van der Waals surface area contributed by atoms with Crippen molar-refractivity contribution in [1.82, 2.24) is 15.3 Å². The summed E-state index contributed by atoms with van der Waals surface area (Å²) in [5, 5.41) is 3.70. The Kier molecular flexibility index (Phi) is 6.99. The summed E-state index contributed by atoms with van der Waals surface area (Å²) >= 11 is 1.40. The predicted octanol–water partition coefficient (Wildman–Crippen LogP) is 3.35. The average Bonchev–Trinajstić information content (AvgIpc) is 2.83. The van der Waals surface area contributed by atoms with Gasteiger partial charge in [-0.05, 0) is 29.8 Å². The van der Waals surface area contributed by atoms with Crippen LogP contribution >= 0.6 is 11.8 Å². The van der Waals surface area contributed by atoms with Gasteiger partial charge in [-0.25, -0.2) is 14.4 Å². The van der Waals surface area contributed by atoms with E-state index in [4.69, 9.17) is 0 Å². The molecule has 0 bridgehead atoms. The van der Waals surface area contributed by atoms with Crippen molar-refractivity contribution in [2.45, 2.75) is 11.6 Å². The number of carbonyl (C=O) groups excluding carboxylic acids is 1. The van der Waals surface area contributed by atoms with Crippen LogP contribution in [0, 0.1) is 5.82 Å². The minimum atomic E-state index is -0.226. The molecule has 6 nitrogen and oxygen atoms in total. The monoisotopic (exact) mass is 437 g/mol. The van der Waals surface area contributed by atoms with Crippen LogP contribution in [0.15, 0.2) is 72.0 Å². The van der Waals surface area contributed by atoms with E-state index in [0.717, 1.165) is 48.3 Å². The molecule has 1 aliphatic rings. The van der Waals surface area contributed by atoms with Gasteiger partial charge < -0.3 is 15.1 Å². The highest BCUT2D eigenvalue weighted by Gasteiger charge is 2.21. The first kappa shape index (κ1) is 21.1. The number of benzene rings is 2. The van der Waals surface area contributed by atoms with Gasteiger partial charge in [-0.3, -0.25) is 4.79 Å². The molecule has 0 unspecified atom stereocenters. The van der Waals surface area contributed by atoms with Crippen LogP contribution in [0.2, 0.25) is 0 Å². The van der Waals surface area contributed by atoms with Crippen molar-refractivity contribution in [1.29, 1.82) is 0 Å². The number of amides is 1. The Bertz CT molecular complexity index is 994. The van der Waals surface area contributed by atoms with Gasteiger partial charge in [0.2, 0.25) is 5.91 Å².